The van der Waals surface area contributed by atoms with E-state index in [2.05, 4.69) is 46.3 Å². The van der Waals surface area contributed by atoms with Gasteiger partial charge < -0.3 is 10.2 Å². The molecule has 0 radical (unpaired) electrons. The summed E-state index contributed by atoms with van der Waals surface area (Å²) in [4.78, 5) is 17.5. The molecule has 2 aromatic rings. The largest absolute Gasteiger partial charge is 0.331 e. The van der Waals surface area contributed by atoms with Crippen molar-refractivity contribution in [2.45, 2.75) is 63.6 Å². The van der Waals surface area contributed by atoms with Gasteiger partial charge in [0, 0.05) is 43.7 Å². The van der Waals surface area contributed by atoms with E-state index in [0.717, 1.165) is 37.1 Å². The number of urea groups is 1. The fourth-order valence-electron chi connectivity index (χ4n) is 5.43. The Morgan fingerprint density at radius 1 is 1.06 bits per heavy atom. The molecule has 6 heteroatoms. The average Bonchev–Trinajstić information content (AvgIpc) is 3.61. The van der Waals surface area contributed by atoms with E-state index in [-0.39, 0.29) is 18.1 Å². The summed E-state index contributed by atoms with van der Waals surface area (Å²) in [5, 5.41) is 4.05. The zero-order valence-electron chi connectivity index (χ0n) is 20.5. The van der Waals surface area contributed by atoms with Gasteiger partial charge in [-0.1, -0.05) is 65.4 Å². The lowest BCUT2D eigenvalue weighted by atomic mass is 9.99. The van der Waals surface area contributed by atoms with Gasteiger partial charge in [-0.15, -0.1) is 0 Å². The zero-order valence-corrected chi connectivity index (χ0v) is 22.0. The molecule has 1 unspecified atom stereocenters. The van der Waals surface area contributed by atoms with Crippen LogP contribution >= 0.6 is 23.2 Å². The molecule has 2 aliphatic carbocycles. The Hall–Kier alpha value is -2.19. The number of aryl methyl sites for hydroxylation is 1. The first-order valence-corrected chi connectivity index (χ1v) is 13.5. The third-order valence-corrected chi connectivity index (χ3v) is 8.71. The highest BCUT2D eigenvalue weighted by atomic mass is 35.5. The van der Waals surface area contributed by atoms with Gasteiger partial charge in [-0.2, -0.15) is 0 Å². The molecule has 2 fully saturated rings. The van der Waals surface area contributed by atoms with Crippen molar-refractivity contribution in [2.24, 2.45) is 5.92 Å². The van der Waals surface area contributed by atoms with Crippen LogP contribution in [0.3, 0.4) is 0 Å². The number of carbonyl (C=O) groups excluding carboxylic acids is 1. The number of rotatable bonds is 4. The van der Waals surface area contributed by atoms with Gasteiger partial charge in [0.1, 0.15) is 0 Å². The van der Waals surface area contributed by atoms with Crippen molar-refractivity contribution in [2.75, 3.05) is 20.1 Å². The maximum atomic E-state index is 13.1. The first kappa shape index (κ1) is 24.5. The second-order valence-corrected chi connectivity index (χ2v) is 10.9. The van der Waals surface area contributed by atoms with Gasteiger partial charge in [-0.05, 0) is 68.2 Å². The monoisotopic (exact) mass is 509 g/mol. The maximum Gasteiger partial charge on any atom is 0.317 e. The average molecular weight is 511 g/mol. The second-order valence-electron chi connectivity index (χ2n) is 10.2. The van der Waals surface area contributed by atoms with Crippen LogP contribution in [0.1, 0.15) is 73.4 Å². The molecule has 3 aliphatic rings. The molecule has 0 aromatic heterocycles. The van der Waals surface area contributed by atoms with E-state index in [4.69, 9.17) is 23.2 Å². The van der Waals surface area contributed by atoms with Crippen molar-refractivity contribution in [3.05, 3.63) is 68.7 Å². The molecule has 0 bridgehead atoms. The van der Waals surface area contributed by atoms with Crippen molar-refractivity contribution in [3.63, 3.8) is 0 Å². The predicted octanol–water partition coefficient (Wildman–Crippen LogP) is 6.61. The van der Waals surface area contributed by atoms with Crippen LogP contribution in [0.15, 0.2) is 36.4 Å². The highest BCUT2D eigenvalue weighted by molar-refractivity contribution is 6.43. The van der Waals surface area contributed by atoms with Crippen molar-refractivity contribution in [3.8, 4) is 11.8 Å². The van der Waals surface area contributed by atoms with E-state index in [0.29, 0.717) is 22.0 Å². The molecule has 0 spiro atoms. The van der Waals surface area contributed by atoms with Gasteiger partial charge in [-0.3, -0.25) is 4.90 Å². The summed E-state index contributed by atoms with van der Waals surface area (Å²) in [6.07, 6.45) is 6.67. The van der Waals surface area contributed by atoms with E-state index in [1.54, 1.807) is 0 Å². The van der Waals surface area contributed by atoms with Crippen LogP contribution < -0.4 is 5.32 Å². The maximum absolute atomic E-state index is 13.1. The molecule has 1 saturated carbocycles. The third kappa shape index (κ3) is 5.33. The SMILES string of the molecule is C[C@H](NC(=O)N(C)C1CCN(C2CCc3ccccc32)CC1)c1ccc(C#CC2CC2)c(Cl)c1Cl. The fraction of sp³-hybridized carbons (Fsp3) is 0.483. The summed E-state index contributed by atoms with van der Waals surface area (Å²) in [5.41, 5.74) is 4.54. The van der Waals surface area contributed by atoms with Gasteiger partial charge in [0.25, 0.3) is 0 Å². The minimum absolute atomic E-state index is 0.0769. The fourth-order valence-corrected chi connectivity index (χ4v) is 5.98. The number of halogens is 2. The third-order valence-electron chi connectivity index (χ3n) is 7.82. The molecule has 1 aliphatic heterocycles. The van der Waals surface area contributed by atoms with Crippen LogP contribution in [0.4, 0.5) is 4.79 Å². The molecule has 184 valence electrons. The lowest BCUT2D eigenvalue weighted by Gasteiger charge is -2.40. The Kier molecular flexibility index (Phi) is 7.30. The standard InChI is InChI=1S/C29H33Cl2N3O/c1-19(24-13-11-22(27(30)28(24)31)10-9-20-7-8-20)32-29(35)33(2)23-15-17-34(18-16-23)26-14-12-21-5-3-4-6-25(21)26/h3-6,11,13,19-20,23,26H,7-8,12,14-18H2,1-2H3,(H,32,35)/t19-,26?/m0/s1. The number of hydrogen-bond donors (Lipinski definition) is 1. The van der Waals surface area contributed by atoms with Crippen LogP contribution in [-0.2, 0) is 6.42 Å². The highest BCUT2D eigenvalue weighted by Gasteiger charge is 2.33. The predicted molar refractivity (Wildman–Crippen MR) is 143 cm³/mol. The number of amides is 2. The van der Waals surface area contributed by atoms with E-state index < -0.39 is 0 Å². The summed E-state index contributed by atoms with van der Waals surface area (Å²) in [6.45, 7) is 3.97. The molecular weight excluding hydrogens is 477 g/mol. The molecule has 5 rings (SSSR count). The van der Waals surface area contributed by atoms with Crippen LogP contribution in [0, 0.1) is 17.8 Å². The number of hydrogen-bond acceptors (Lipinski definition) is 2. The Labute approximate surface area is 219 Å². The molecule has 1 heterocycles. The van der Waals surface area contributed by atoms with E-state index in [1.807, 2.05) is 31.0 Å². The Bertz CT molecular complexity index is 1160. The van der Waals surface area contributed by atoms with E-state index in [1.165, 1.54) is 36.8 Å². The Balaban J connectivity index is 1.16. The first-order valence-electron chi connectivity index (χ1n) is 12.8. The summed E-state index contributed by atoms with van der Waals surface area (Å²) < 4.78 is 0. The summed E-state index contributed by atoms with van der Waals surface area (Å²) >= 11 is 13.1. The minimum atomic E-state index is -0.254. The quantitative estimate of drug-likeness (QED) is 0.470. The van der Waals surface area contributed by atoms with Gasteiger partial charge in [0.2, 0.25) is 0 Å². The van der Waals surface area contributed by atoms with Crippen LogP contribution in [0.2, 0.25) is 10.0 Å². The molecule has 2 amide bonds. The van der Waals surface area contributed by atoms with Crippen molar-refractivity contribution in [1.82, 2.24) is 15.1 Å². The summed E-state index contributed by atoms with van der Waals surface area (Å²) in [6, 6.07) is 13.1. The van der Waals surface area contributed by atoms with Gasteiger partial charge in [0.05, 0.1) is 16.1 Å². The van der Waals surface area contributed by atoms with Crippen molar-refractivity contribution in [1.29, 1.82) is 0 Å². The van der Waals surface area contributed by atoms with Gasteiger partial charge in [-0.25, -0.2) is 4.79 Å². The van der Waals surface area contributed by atoms with E-state index >= 15 is 0 Å². The number of carbonyl (C=O) groups is 1. The summed E-state index contributed by atoms with van der Waals surface area (Å²) in [5.74, 6) is 6.87. The second kappa shape index (κ2) is 10.4. The van der Waals surface area contributed by atoms with Crippen molar-refractivity contribution >= 4 is 29.2 Å². The lowest BCUT2D eigenvalue weighted by molar-refractivity contribution is 0.105. The Morgan fingerprint density at radius 3 is 2.54 bits per heavy atom. The topological polar surface area (TPSA) is 35.6 Å². The number of nitrogens with zero attached hydrogens (tertiary/aromatic N) is 2. The molecule has 4 nitrogen and oxygen atoms in total. The first-order chi connectivity index (χ1) is 16.9. The molecular formula is C29H33Cl2N3O. The van der Waals surface area contributed by atoms with Gasteiger partial charge in [0.15, 0.2) is 0 Å². The molecule has 1 N–H and O–H groups in total. The number of benzene rings is 2. The van der Waals surface area contributed by atoms with Crippen molar-refractivity contribution < 1.29 is 4.79 Å². The van der Waals surface area contributed by atoms with Crippen LogP contribution in [-0.4, -0.2) is 42.0 Å². The Morgan fingerprint density at radius 2 is 1.80 bits per heavy atom. The van der Waals surface area contributed by atoms with Gasteiger partial charge >= 0.3 is 6.03 Å². The van der Waals surface area contributed by atoms with E-state index in [9.17, 15) is 4.79 Å². The molecule has 2 aromatic carbocycles. The normalized spacial score (nSPS) is 21.1. The molecule has 35 heavy (non-hydrogen) atoms. The number of piperidine rings is 1. The highest BCUT2D eigenvalue weighted by Crippen LogP contribution is 2.37. The lowest BCUT2D eigenvalue weighted by Crippen LogP contribution is -2.49. The number of fused-ring (bicyclic) bond motifs is 1. The molecule has 2 atom stereocenters. The van der Waals surface area contributed by atoms with Crippen LogP contribution in [0.5, 0.6) is 0 Å². The van der Waals surface area contributed by atoms with Crippen LogP contribution in [0.25, 0.3) is 0 Å². The minimum Gasteiger partial charge on any atom is -0.331 e. The summed E-state index contributed by atoms with van der Waals surface area (Å²) in [7, 11) is 1.90. The zero-order chi connectivity index (χ0) is 24.5. The molecule has 1 saturated heterocycles. The number of likely N-dealkylation sites (tertiary alicyclic amines) is 1. The number of nitrogens with one attached hydrogen (secondary N) is 1. The smallest absolute Gasteiger partial charge is 0.317 e.